The third-order valence-electron chi connectivity index (χ3n) is 0.920. The Bertz CT molecular complexity index is 63.8. The average Bonchev–Trinajstić information content (AvgIpc) is 1.63. The number of rotatable bonds is 3. The monoisotopic (exact) mass is 130 g/mol. The molecule has 2 nitrogen and oxygen atoms in total. The molecule has 0 aliphatic rings. The standard InChI is InChI=1S/C7H18N2/c1-5-8-9-6-7(2,3)4/h8-9H,5-6H2,1-4H3. The highest BCUT2D eigenvalue weighted by Crippen LogP contribution is 2.09. The highest BCUT2D eigenvalue weighted by atomic mass is 15.3. The van der Waals surface area contributed by atoms with Crippen molar-refractivity contribution in [3.8, 4) is 0 Å². The second kappa shape index (κ2) is 3.85. The van der Waals surface area contributed by atoms with E-state index in [1.165, 1.54) is 0 Å². The Labute approximate surface area is 58.0 Å². The van der Waals surface area contributed by atoms with Crippen LogP contribution in [0, 0.1) is 5.41 Å². The van der Waals surface area contributed by atoms with E-state index in [0.29, 0.717) is 5.41 Å². The van der Waals surface area contributed by atoms with Crippen molar-refractivity contribution in [2.75, 3.05) is 13.1 Å². The van der Waals surface area contributed by atoms with Crippen molar-refractivity contribution in [3.05, 3.63) is 0 Å². The van der Waals surface area contributed by atoms with Gasteiger partial charge < -0.3 is 0 Å². The summed E-state index contributed by atoms with van der Waals surface area (Å²) in [6.07, 6.45) is 0. The molecule has 2 heteroatoms. The van der Waals surface area contributed by atoms with E-state index in [-0.39, 0.29) is 0 Å². The zero-order chi connectivity index (χ0) is 7.33. The predicted octanol–water partition coefficient (Wildman–Crippen LogP) is 1.15. The van der Waals surface area contributed by atoms with Gasteiger partial charge in [0.2, 0.25) is 0 Å². The lowest BCUT2D eigenvalue weighted by atomic mass is 9.98. The van der Waals surface area contributed by atoms with Crippen molar-refractivity contribution in [3.63, 3.8) is 0 Å². The van der Waals surface area contributed by atoms with Crippen molar-refractivity contribution in [2.45, 2.75) is 27.7 Å². The Morgan fingerprint density at radius 2 is 1.67 bits per heavy atom. The van der Waals surface area contributed by atoms with Crippen molar-refractivity contribution in [1.82, 2.24) is 10.9 Å². The van der Waals surface area contributed by atoms with E-state index in [0.717, 1.165) is 13.1 Å². The Morgan fingerprint density at radius 3 is 2.00 bits per heavy atom. The average molecular weight is 130 g/mol. The Morgan fingerprint density at radius 1 is 1.11 bits per heavy atom. The molecule has 0 aromatic carbocycles. The first-order valence-electron chi connectivity index (χ1n) is 3.52. The van der Waals surface area contributed by atoms with Gasteiger partial charge in [0.25, 0.3) is 0 Å². The first-order valence-corrected chi connectivity index (χ1v) is 3.52. The molecule has 0 rings (SSSR count). The molecule has 0 aromatic rings. The highest BCUT2D eigenvalue weighted by Gasteiger charge is 2.07. The summed E-state index contributed by atoms with van der Waals surface area (Å²) in [4.78, 5) is 0. The van der Waals surface area contributed by atoms with Crippen LogP contribution in [0.3, 0.4) is 0 Å². The van der Waals surface area contributed by atoms with E-state index in [2.05, 4.69) is 38.5 Å². The van der Waals surface area contributed by atoms with Crippen LogP contribution in [0.2, 0.25) is 0 Å². The minimum atomic E-state index is 0.377. The Kier molecular flexibility index (Phi) is 3.82. The van der Waals surface area contributed by atoms with E-state index in [1.807, 2.05) is 0 Å². The number of nitrogens with one attached hydrogen (secondary N) is 2. The summed E-state index contributed by atoms with van der Waals surface area (Å²) in [6.45, 7) is 10.7. The number of hydrogen-bond donors (Lipinski definition) is 2. The summed E-state index contributed by atoms with van der Waals surface area (Å²) in [5.41, 5.74) is 6.56. The maximum Gasteiger partial charge on any atom is 0.0148 e. The van der Waals surface area contributed by atoms with Gasteiger partial charge in [0, 0.05) is 13.1 Å². The highest BCUT2D eigenvalue weighted by molar-refractivity contribution is 4.62. The van der Waals surface area contributed by atoms with Gasteiger partial charge in [-0.2, -0.15) is 0 Å². The van der Waals surface area contributed by atoms with E-state index in [4.69, 9.17) is 0 Å². The Balaban J connectivity index is 3.07. The molecule has 0 fully saturated rings. The molecule has 0 saturated heterocycles. The van der Waals surface area contributed by atoms with Crippen molar-refractivity contribution in [2.24, 2.45) is 5.41 Å². The van der Waals surface area contributed by atoms with Crippen molar-refractivity contribution < 1.29 is 0 Å². The van der Waals surface area contributed by atoms with Crippen LogP contribution < -0.4 is 10.9 Å². The van der Waals surface area contributed by atoms with E-state index in [1.54, 1.807) is 0 Å². The molecule has 2 N–H and O–H groups in total. The van der Waals surface area contributed by atoms with Crippen LogP contribution in [-0.2, 0) is 0 Å². The van der Waals surface area contributed by atoms with Gasteiger partial charge in [-0.25, -0.2) is 0 Å². The minimum absolute atomic E-state index is 0.377. The van der Waals surface area contributed by atoms with Crippen molar-refractivity contribution >= 4 is 0 Å². The third kappa shape index (κ3) is 7.92. The fourth-order valence-electron chi connectivity index (χ4n) is 0.453. The van der Waals surface area contributed by atoms with Crippen LogP contribution in [0.1, 0.15) is 27.7 Å². The maximum atomic E-state index is 3.12. The van der Waals surface area contributed by atoms with Crippen LogP contribution in [0.25, 0.3) is 0 Å². The topological polar surface area (TPSA) is 24.1 Å². The van der Waals surface area contributed by atoms with E-state index >= 15 is 0 Å². The van der Waals surface area contributed by atoms with Gasteiger partial charge >= 0.3 is 0 Å². The molecule has 9 heavy (non-hydrogen) atoms. The van der Waals surface area contributed by atoms with Gasteiger partial charge in [-0.15, -0.1) is 0 Å². The fraction of sp³-hybridized carbons (Fsp3) is 1.00. The van der Waals surface area contributed by atoms with Crippen LogP contribution in [0.4, 0.5) is 0 Å². The van der Waals surface area contributed by atoms with Gasteiger partial charge in [0.1, 0.15) is 0 Å². The predicted molar refractivity (Wildman–Crippen MR) is 41.1 cm³/mol. The van der Waals surface area contributed by atoms with Crippen LogP contribution >= 0.6 is 0 Å². The molecule has 0 saturated carbocycles. The molecule has 0 aliphatic heterocycles. The van der Waals surface area contributed by atoms with Gasteiger partial charge in [-0.3, -0.25) is 10.9 Å². The normalized spacial score (nSPS) is 12.0. The molecule has 0 bridgehead atoms. The molecule has 0 radical (unpaired) electrons. The molecular formula is C7H18N2. The Hall–Kier alpha value is -0.0800. The molecule has 0 atom stereocenters. The lowest BCUT2D eigenvalue weighted by Crippen LogP contribution is -2.37. The zero-order valence-corrected chi connectivity index (χ0v) is 6.91. The lowest BCUT2D eigenvalue weighted by molar-refractivity contribution is 0.353. The fourth-order valence-corrected chi connectivity index (χ4v) is 0.453. The number of hydrazine groups is 1. The summed E-state index contributed by atoms with van der Waals surface area (Å²) in [5.74, 6) is 0. The van der Waals surface area contributed by atoms with Gasteiger partial charge in [0.15, 0.2) is 0 Å². The summed E-state index contributed by atoms with van der Waals surface area (Å²) in [6, 6.07) is 0. The van der Waals surface area contributed by atoms with Gasteiger partial charge in [-0.05, 0) is 5.41 Å². The van der Waals surface area contributed by atoms with Gasteiger partial charge in [-0.1, -0.05) is 27.7 Å². The smallest absolute Gasteiger partial charge is 0.0148 e. The largest absolute Gasteiger partial charge is 0.258 e. The zero-order valence-electron chi connectivity index (χ0n) is 6.91. The summed E-state index contributed by atoms with van der Waals surface area (Å²) >= 11 is 0. The van der Waals surface area contributed by atoms with E-state index in [9.17, 15) is 0 Å². The number of hydrogen-bond acceptors (Lipinski definition) is 2. The van der Waals surface area contributed by atoms with Crippen LogP contribution in [-0.4, -0.2) is 13.1 Å². The molecule has 0 unspecified atom stereocenters. The SMILES string of the molecule is CCNNCC(C)(C)C. The summed E-state index contributed by atoms with van der Waals surface area (Å²) in [5, 5.41) is 0. The van der Waals surface area contributed by atoms with Crippen molar-refractivity contribution in [1.29, 1.82) is 0 Å². The second-order valence-corrected chi connectivity index (χ2v) is 3.44. The third-order valence-corrected chi connectivity index (χ3v) is 0.920. The molecule has 0 spiro atoms. The first kappa shape index (κ1) is 8.92. The van der Waals surface area contributed by atoms with E-state index < -0.39 is 0 Å². The van der Waals surface area contributed by atoms with Crippen LogP contribution in [0.15, 0.2) is 0 Å². The maximum absolute atomic E-state index is 3.12. The molecule has 0 amide bonds. The molecule has 56 valence electrons. The quantitative estimate of drug-likeness (QED) is 0.442. The van der Waals surface area contributed by atoms with Crippen LogP contribution in [0.5, 0.6) is 0 Å². The summed E-state index contributed by atoms with van der Waals surface area (Å²) in [7, 11) is 0. The van der Waals surface area contributed by atoms with Gasteiger partial charge in [0.05, 0.1) is 0 Å². The first-order chi connectivity index (χ1) is 4.06. The second-order valence-electron chi connectivity index (χ2n) is 3.44. The molecule has 0 heterocycles. The lowest BCUT2D eigenvalue weighted by Gasteiger charge is -2.18. The molecular weight excluding hydrogens is 112 g/mol. The molecule has 0 aromatic heterocycles. The minimum Gasteiger partial charge on any atom is -0.258 e. The molecule has 0 aliphatic carbocycles. The summed E-state index contributed by atoms with van der Waals surface area (Å²) < 4.78 is 0.